The van der Waals surface area contributed by atoms with Gasteiger partial charge in [-0.05, 0) is 153 Å². The predicted octanol–water partition coefficient (Wildman–Crippen LogP) is 16.7. The molecule has 1 aliphatic carbocycles. The molecule has 0 aromatic heterocycles. The van der Waals surface area contributed by atoms with E-state index in [0.29, 0.717) is 6.42 Å². The molecular formula is C64H70N2. The largest absolute Gasteiger partial charge is 0.398 e. The van der Waals surface area contributed by atoms with Crippen LogP contribution >= 0.6 is 0 Å². The van der Waals surface area contributed by atoms with Crippen molar-refractivity contribution in [3.05, 3.63) is 207 Å². The lowest BCUT2D eigenvalue weighted by Crippen LogP contribution is -2.14. The van der Waals surface area contributed by atoms with E-state index in [0.717, 1.165) is 40.1 Å². The number of hydrogen-bond acceptors (Lipinski definition) is 2. The summed E-state index contributed by atoms with van der Waals surface area (Å²) in [4.78, 5) is 0. The highest BCUT2D eigenvalue weighted by Crippen LogP contribution is 2.47. The van der Waals surface area contributed by atoms with Crippen LogP contribution in [-0.4, -0.2) is 0 Å². The van der Waals surface area contributed by atoms with E-state index in [-0.39, 0.29) is 21.7 Å². The summed E-state index contributed by atoms with van der Waals surface area (Å²) in [5, 5.41) is 4.97. The maximum absolute atomic E-state index is 7.72. The number of rotatable bonds is 7. The van der Waals surface area contributed by atoms with E-state index in [4.69, 9.17) is 11.5 Å². The number of nitrogens with two attached hydrogens (primary N) is 2. The fraction of sp³-hybridized carbons (Fsp3) is 0.281. The van der Waals surface area contributed by atoms with Crippen LogP contribution in [0.5, 0.6) is 0 Å². The summed E-state index contributed by atoms with van der Waals surface area (Å²) in [6.07, 6.45) is 12.8. The van der Waals surface area contributed by atoms with Gasteiger partial charge in [-0.3, -0.25) is 0 Å². The van der Waals surface area contributed by atoms with Gasteiger partial charge in [-0.1, -0.05) is 211 Å². The van der Waals surface area contributed by atoms with E-state index in [1.54, 1.807) is 0 Å². The Morgan fingerprint density at radius 1 is 0.545 bits per heavy atom. The number of fused-ring (bicyclic) bond motifs is 3. The summed E-state index contributed by atoms with van der Waals surface area (Å²) in [5.41, 5.74) is 32.8. The summed E-state index contributed by atoms with van der Waals surface area (Å²) >= 11 is 0. The summed E-state index contributed by atoms with van der Waals surface area (Å²) in [5.74, 6) is 0. The Morgan fingerprint density at radius 3 is 1.61 bits per heavy atom. The molecule has 0 bridgehead atoms. The van der Waals surface area contributed by atoms with Crippen LogP contribution in [0, 0.1) is 0 Å². The average molecular weight is 867 g/mol. The van der Waals surface area contributed by atoms with E-state index < -0.39 is 0 Å². The summed E-state index contributed by atoms with van der Waals surface area (Å²) in [7, 11) is 0. The first-order chi connectivity index (χ1) is 31.1. The van der Waals surface area contributed by atoms with Crippen molar-refractivity contribution in [1.82, 2.24) is 0 Å². The molecule has 4 N–H and O–H groups in total. The molecule has 7 aromatic rings. The van der Waals surface area contributed by atoms with Crippen molar-refractivity contribution in [2.24, 2.45) is 5.73 Å². The van der Waals surface area contributed by atoms with E-state index in [9.17, 15) is 0 Å². The topological polar surface area (TPSA) is 52.0 Å². The van der Waals surface area contributed by atoms with Crippen molar-refractivity contribution < 1.29 is 0 Å². The fourth-order valence-corrected chi connectivity index (χ4v) is 9.25. The Balaban J connectivity index is 1.46. The molecule has 8 rings (SSSR count). The van der Waals surface area contributed by atoms with Crippen LogP contribution in [0.1, 0.15) is 139 Å². The van der Waals surface area contributed by atoms with Gasteiger partial charge in [0.2, 0.25) is 0 Å². The Labute approximate surface area is 395 Å². The molecule has 336 valence electrons. The van der Waals surface area contributed by atoms with E-state index in [1.165, 1.54) is 77.2 Å². The molecule has 66 heavy (non-hydrogen) atoms. The van der Waals surface area contributed by atoms with Crippen molar-refractivity contribution in [1.29, 1.82) is 0 Å². The van der Waals surface area contributed by atoms with Gasteiger partial charge in [0, 0.05) is 22.5 Å². The second-order valence-electron chi connectivity index (χ2n) is 22.8. The van der Waals surface area contributed by atoms with Crippen LogP contribution in [0.3, 0.4) is 0 Å². The molecule has 0 atom stereocenters. The number of nitrogen functional groups attached to an aromatic ring is 1. The average Bonchev–Trinajstić information content (AvgIpc) is 3.27. The monoisotopic (exact) mass is 867 g/mol. The SMILES string of the molecule is CC(C)(C)c1cc(C2=Cc3c(cc(-c4cc(C(C)(C)C)cc5ccc(C(C)(C)C)cc45)c(/C=C\Cc4ccccc4)c3N)C/C2=C\C=C(/N)c2ccccc2)c2cc(C(C)(C)C)ccc2c1. The van der Waals surface area contributed by atoms with Crippen LogP contribution in [0.25, 0.3) is 56.1 Å². The van der Waals surface area contributed by atoms with Crippen molar-refractivity contribution in [3.8, 4) is 11.1 Å². The van der Waals surface area contributed by atoms with Gasteiger partial charge in [-0.2, -0.15) is 0 Å². The molecule has 0 spiro atoms. The molecule has 0 unspecified atom stereocenters. The molecule has 0 heterocycles. The maximum atomic E-state index is 7.72. The van der Waals surface area contributed by atoms with Gasteiger partial charge in [-0.25, -0.2) is 0 Å². The minimum Gasteiger partial charge on any atom is -0.398 e. The third-order valence-corrected chi connectivity index (χ3v) is 13.6. The van der Waals surface area contributed by atoms with E-state index in [2.05, 4.69) is 223 Å². The Kier molecular flexibility index (Phi) is 12.2. The molecule has 0 saturated carbocycles. The van der Waals surface area contributed by atoms with Crippen LogP contribution in [0.4, 0.5) is 5.69 Å². The lowest BCUT2D eigenvalue weighted by atomic mass is 9.76. The van der Waals surface area contributed by atoms with E-state index in [1.807, 2.05) is 18.2 Å². The highest BCUT2D eigenvalue weighted by molar-refractivity contribution is 6.08. The molecule has 0 fully saturated rings. The van der Waals surface area contributed by atoms with Crippen LogP contribution in [-0.2, 0) is 34.5 Å². The van der Waals surface area contributed by atoms with Gasteiger partial charge in [-0.15, -0.1) is 0 Å². The standard InChI is InChI=1S/C64H70N2/c1-61(2,3)47-29-26-44-33-49(63(7,8)9)38-57(52(44)36-47)54-40-55-46(32-43(54)28-31-59(65)42-23-17-14-18-24-42)35-56(51(60(55)66)25-19-22-41-20-15-13-16-21-41)58-39-50(64(10,11)12)34-45-27-30-48(37-53(45)58)62(4,5)6/h13-21,23-31,33-40H,22,32,65-66H2,1-12H3/b25-19-,43-28+,59-31-. The van der Waals surface area contributed by atoms with Crippen LogP contribution in [0.2, 0.25) is 0 Å². The zero-order valence-corrected chi connectivity index (χ0v) is 41.6. The molecular weight excluding hydrogens is 797 g/mol. The smallest absolute Gasteiger partial charge is 0.0470 e. The van der Waals surface area contributed by atoms with Gasteiger partial charge in [0.25, 0.3) is 0 Å². The summed E-state index contributed by atoms with van der Waals surface area (Å²) in [6, 6.07) is 47.1. The quantitative estimate of drug-likeness (QED) is 0.157. The number of benzene rings is 7. The summed E-state index contributed by atoms with van der Waals surface area (Å²) < 4.78 is 0. The molecule has 7 aromatic carbocycles. The minimum atomic E-state index is -0.0673. The molecule has 0 aliphatic heterocycles. The van der Waals surface area contributed by atoms with Gasteiger partial charge in [0.05, 0.1) is 0 Å². The van der Waals surface area contributed by atoms with Crippen molar-refractivity contribution in [2.45, 2.75) is 118 Å². The van der Waals surface area contributed by atoms with Gasteiger partial charge >= 0.3 is 0 Å². The first-order valence-electron chi connectivity index (χ1n) is 23.8. The van der Waals surface area contributed by atoms with Crippen LogP contribution < -0.4 is 11.5 Å². The molecule has 0 amide bonds. The minimum absolute atomic E-state index is 0.0143. The van der Waals surface area contributed by atoms with Crippen LogP contribution in [0.15, 0.2) is 151 Å². The highest BCUT2D eigenvalue weighted by Gasteiger charge is 2.28. The molecule has 2 heteroatoms. The number of hydrogen-bond donors (Lipinski definition) is 2. The first-order valence-corrected chi connectivity index (χ1v) is 23.8. The fourth-order valence-electron chi connectivity index (χ4n) is 9.25. The van der Waals surface area contributed by atoms with Gasteiger partial charge < -0.3 is 11.5 Å². The van der Waals surface area contributed by atoms with Crippen molar-refractivity contribution >= 4 is 50.7 Å². The third-order valence-electron chi connectivity index (χ3n) is 13.6. The van der Waals surface area contributed by atoms with E-state index >= 15 is 0 Å². The lowest BCUT2D eigenvalue weighted by Gasteiger charge is -2.28. The van der Waals surface area contributed by atoms with Gasteiger partial charge in [0.1, 0.15) is 0 Å². The maximum Gasteiger partial charge on any atom is 0.0470 e. The molecule has 0 radical (unpaired) electrons. The second kappa shape index (κ2) is 17.4. The van der Waals surface area contributed by atoms with Gasteiger partial charge in [0.15, 0.2) is 0 Å². The third kappa shape index (κ3) is 9.61. The second-order valence-corrected chi connectivity index (χ2v) is 22.8. The summed E-state index contributed by atoms with van der Waals surface area (Å²) in [6.45, 7) is 27.6. The Bertz CT molecular complexity index is 3090. The Morgan fingerprint density at radius 2 is 1.06 bits per heavy atom. The molecule has 2 nitrogen and oxygen atoms in total. The zero-order valence-electron chi connectivity index (χ0n) is 41.6. The first kappa shape index (κ1) is 46.2. The highest BCUT2D eigenvalue weighted by atomic mass is 14.6. The predicted molar refractivity (Wildman–Crippen MR) is 290 cm³/mol. The lowest BCUT2D eigenvalue weighted by molar-refractivity contribution is 0.589. The molecule has 1 aliphatic rings. The molecule has 0 saturated heterocycles. The van der Waals surface area contributed by atoms with Crippen molar-refractivity contribution in [2.75, 3.05) is 5.73 Å². The van der Waals surface area contributed by atoms with Crippen molar-refractivity contribution in [3.63, 3.8) is 0 Å². The number of allylic oxidation sites excluding steroid dienone is 5. The number of anilines is 1. The zero-order chi connectivity index (χ0) is 47.3. The Hall–Kier alpha value is -6.38. The normalized spacial score (nSPS) is 14.6.